The minimum atomic E-state index is 0.0936. The van der Waals surface area contributed by atoms with E-state index in [0.717, 1.165) is 16.6 Å². The molecule has 0 aliphatic carbocycles. The molecule has 96 valence electrons. The van der Waals surface area contributed by atoms with Crippen molar-refractivity contribution in [3.8, 4) is 5.75 Å². The first-order chi connectivity index (χ1) is 7.84. The molecule has 0 aromatic heterocycles. The molecule has 1 aromatic carbocycles. The standard InChI is InChI=1S/C13H21BrN2O/c1-13(2,8-15)9-16(3)7-10-6-11(14)4-5-12(10)17/h4-6,17H,7-9,15H2,1-3H3. The van der Waals surface area contributed by atoms with E-state index in [0.29, 0.717) is 18.8 Å². The van der Waals surface area contributed by atoms with Crippen LogP contribution in [0.5, 0.6) is 5.75 Å². The first-order valence-corrected chi connectivity index (χ1v) is 6.49. The number of benzene rings is 1. The monoisotopic (exact) mass is 300 g/mol. The minimum absolute atomic E-state index is 0.0936. The highest BCUT2D eigenvalue weighted by Crippen LogP contribution is 2.24. The van der Waals surface area contributed by atoms with E-state index in [4.69, 9.17) is 5.73 Å². The molecule has 0 saturated carbocycles. The molecule has 0 radical (unpaired) electrons. The van der Waals surface area contributed by atoms with E-state index in [2.05, 4.69) is 34.7 Å². The van der Waals surface area contributed by atoms with Gasteiger partial charge < -0.3 is 15.7 Å². The summed E-state index contributed by atoms with van der Waals surface area (Å²) in [7, 11) is 2.04. The van der Waals surface area contributed by atoms with Gasteiger partial charge in [-0.05, 0) is 37.2 Å². The van der Waals surface area contributed by atoms with Crippen molar-refractivity contribution in [1.29, 1.82) is 0 Å². The van der Waals surface area contributed by atoms with Gasteiger partial charge in [0.05, 0.1) is 0 Å². The molecule has 0 unspecified atom stereocenters. The molecular formula is C13H21BrN2O. The van der Waals surface area contributed by atoms with Crippen LogP contribution in [0.1, 0.15) is 19.4 Å². The van der Waals surface area contributed by atoms with Crippen LogP contribution in [0.2, 0.25) is 0 Å². The largest absolute Gasteiger partial charge is 0.508 e. The Bertz CT molecular complexity index is 380. The average Bonchev–Trinajstić information content (AvgIpc) is 2.23. The first-order valence-electron chi connectivity index (χ1n) is 5.70. The average molecular weight is 301 g/mol. The topological polar surface area (TPSA) is 49.5 Å². The fourth-order valence-electron chi connectivity index (χ4n) is 1.82. The molecule has 0 aliphatic heterocycles. The fraction of sp³-hybridized carbons (Fsp3) is 0.538. The predicted octanol–water partition coefficient (Wildman–Crippen LogP) is 2.57. The van der Waals surface area contributed by atoms with Gasteiger partial charge in [0.15, 0.2) is 0 Å². The number of phenolic OH excluding ortho intramolecular Hbond substituents is 1. The molecule has 0 atom stereocenters. The number of halogens is 1. The molecular weight excluding hydrogens is 280 g/mol. The SMILES string of the molecule is CN(Cc1cc(Br)ccc1O)CC(C)(C)CN. The highest BCUT2D eigenvalue weighted by molar-refractivity contribution is 9.10. The molecule has 3 nitrogen and oxygen atoms in total. The number of rotatable bonds is 5. The van der Waals surface area contributed by atoms with Crippen LogP contribution >= 0.6 is 15.9 Å². The molecule has 0 amide bonds. The number of hydrogen-bond donors (Lipinski definition) is 2. The molecule has 17 heavy (non-hydrogen) atoms. The summed E-state index contributed by atoms with van der Waals surface area (Å²) in [5, 5.41) is 9.77. The summed E-state index contributed by atoms with van der Waals surface area (Å²) < 4.78 is 0.983. The number of aromatic hydroxyl groups is 1. The molecule has 1 rings (SSSR count). The highest BCUT2D eigenvalue weighted by atomic mass is 79.9. The van der Waals surface area contributed by atoms with Gasteiger partial charge in [-0.2, -0.15) is 0 Å². The lowest BCUT2D eigenvalue weighted by Gasteiger charge is -2.29. The van der Waals surface area contributed by atoms with Crippen LogP contribution in [0, 0.1) is 5.41 Å². The van der Waals surface area contributed by atoms with Gasteiger partial charge in [-0.25, -0.2) is 0 Å². The van der Waals surface area contributed by atoms with Gasteiger partial charge in [0.1, 0.15) is 5.75 Å². The Hall–Kier alpha value is -0.580. The quantitative estimate of drug-likeness (QED) is 0.879. The summed E-state index contributed by atoms with van der Waals surface area (Å²) in [4.78, 5) is 2.17. The lowest BCUT2D eigenvalue weighted by molar-refractivity contribution is 0.208. The lowest BCUT2D eigenvalue weighted by atomic mass is 9.93. The van der Waals surface area contributed by atoms with E-state index in [1.807, 2.05) is 19.2 Å². The molecule has 0 heterocycles. The molecule has 1 aromatic rings. The molecule has 0 spiro atoms. The van der Waals surface area contributed by atoms with Crippen LogP contribution in [0.25, 0.3) is 0 Å². The molecule has 0 aliphatic rings. The van der Waals surface area contributed by atoms with Crippen LogP contribution in [-0.2, 0) is 6.54 Å². The second-order valence-corrected chi connectivity index (χ2v) is 6.23. The lowest BCUT2D eigenvalue weighted by Crippen LogP contribution is -2.36. The van der Waals surface area contributed by atoms with Crippen LogP contribution < -0.4 is 5.73 Å². The smallest absolute Gasteiger partial charge is 0.120 e. The highest BCUT2D eigenvalue weighted by Gasteiger charge is 2.18. The van der Waals surface area contributed by atoms with Gasteiger partial charge >= 0.3 is 0 Å². The molecule has 0 fully saturated rings. The van der Waals surface area contributed by atoms with Crippen molar-refractivity contribution in [1.82, 2.24) is 4.90 Å². The Morgan fingerprint density at radius 2 is 2.06 bits per heavy atom. The molecule has 0 saturated heterocycles. The van der Waals surface area contributed by atoms with Gasteiger partial charge in [-0.15, -0.1) is 0 Å². The Kier molecular flexibility index (Phi) is 4.98. The Morgan fingerprint density at radius 3 is 2.65 bits per heavy atom. The van der Waals surface area contributed by atoms with E-state index in [1.54, 1.807) is 6.07 Å². The summed E-state index contributed by atoms with van der Waals surface area (Å²) in [5.41, 5.74) is 6.74. The molecule has 4 heteroatoms. The second kappa shape index (κ2) is 5.85. The van der Waals surface area contributed by atoms with E-state index >= 15 is 0 Å². The van der Waals surface area contributed by atoms with Crippen molar-refractivity contribution in [3.63, 3.8) is 0 Å². The third-order valence-corrected chi connectivity index (χ3v) is 3.23. The summed E-state index contributed by atoms with van der Waals surface area (Å²) in [6.07, 6.45) is 0. The zero-order valence-electron chi connectivity index (χ0n) is 10.7. The number of nitrogens with two attached hydrogens (primary N) is 1. The Labute approximate surface area is 112 Å². The van der Waals surface area contributed by atoms with E-state index in [-0.39, 0.29) is 5.41 Å². The summed E-state index contributed by atoms with van der Waals surface area (Å²) >= 11 is 3.41. The van der Waals surface area contributed by atoms with Gasteiger partial charge in [-0.1, -0.05) is 29.8 Å². The van der Waals surface area contributed by atoms with Crippen molar-refractivity contribution in [2.45, 2.75) is 20.4 Å². The van der Waals surface area contributed by atoms with E-state index in [9.17, 15) is 5.11 Å². The van der Waals surface area contributed by atoms with Crippen LogP contribution in [0.3, 0.4) is 0 Å². The zero-order valence-corrected chi connectivity index (χ0v) is 12.3. The first kappa shape index (κ1) is 14.5. The minimum Gasteiger partial charge on any atom is -0.508 e. The van der Waals surface area contributed by atoms with Gasteiger partial charge in [0, 0.05) is 23.1 Å². The summed E-state index contributed by atoms with van der Waals surface area (Å²) in [5.74, 6) is 0.339. The maximum absolute atomic E-state index is 9.77. The molecule has 0 bridgehead atoms. The van der Waals surface area contributed by atoms with Crippen LogP contribution in [0.15, 0.2) is 22.7 Å². The third kappa shape index (κ3) is 4.66. The van der Waals surface area contributed by atoms with Crippen molar-refractivity contribution >= 4 is 15.9 Å². The van der Waals surface area contributed by atoms with Gasteiger partial charge in [-0.3, -0.25) is 0 Å². The van der Waals surface area contributed by atoms with Crippen molar-refractivity contribution in [3.05, 3.63) is 28.2 Å². The summed E-state index contributed by atoms with van der Waals surface area (Å²) in [6, 6.07) is 5.49. The Morgan fingerprint density at radius 1 is 1.41 bits per heavy atom. The second-order valence-electron chi connectivity index (χ2n) is 5.31. The van der Waals surface area contributed by atoms with Gasteiger partial charge in [0.25, 0.3) is 0 Å². The fourth-order valence-corrected chi connectivity index (χ4v) is 2.23. The van der Waals surface area contributed by atoms with Crippen molar-refractivity contribution in [2.24, 2.45) is 11.1 Å². The predicted molar refractivity (Wildman–Crippen MR) is 75.0 cm³/mol. The van der Waals surface area contributed by atoms with Crippen molar-refractivity contribution in [2.75, 3.05) is 20.1 Å². The molecule has 3 N–H and O–H groups in total. The summed E-state index contributed by atoms with van der Waals surface area (Å²) in [6.45, 7) is 6.56. The van der Waals surface area contributed by atoms with Crippen LogP contribution in [0.4, 0.5) is 0 Å². The maximum Gasteiger partial charge on any atom is 0.120 e. The normalized spacial score (nSPS) is 12.1. The number of nitrogens with zero attached hydrogens (tertiary/aromatic N) is 1. The van der Waals surface area contributed by atoms with Crippen LogP contribution in [-0.4, -0.2) is 30.1 Å². The number of hydrogen-bond acceptors (Lipinski definition) is 3. The maximum atomic E-state index is 9.77. The Balaban J connectivity index is 2.68. The zero-order chi connectivity index (χ0) is 13.1. The number of phenols is 1. The van der Waals surface area contributed by atoms with Crippen molar-refractivity contribution < 1.29 is 5.11 Å². The van der Waals surface area contributed by atoms with Gasteiger partial charge in [0.2, 0.25) is 0 Å². The van der Waals surface area contributed by atoms with E-state index in [1.165, 1.54) is 0 Å². The third-order valence-electron chi connectivity index (χ3n) is 2.73. The van der Waals surface area contributed by atoms with E-state index < -0.39 is 0 Å².